The fourth-order valence-corrected chi connectivity index (χ4v) is 5.72. The summed E-state index contributed by atoms with van der Waals surface area (Å²) in [6, 6.07) is 15.0. The van der Waals surface area contributed by atoms with Gasteiger partial charge >= 0.3 is 5.97 Å². The van der Waals surface area contributed by atoms with E-state index in [0.29, 0.717) is 24.2 Å². The molecule has 2 aromatic carbocycles. The monoisotopic (exact) mass is 440 g/mol. The minimum absolute atomic E-state index is 0.0554. The molecule has 0 bridgehead atoms. The first kappa shape index (κ1) is 21.3. The summed E-state index contributed by atoms with van der Waals surface area (Å²) in [4.78, 5) is 29.7. The maximum Gasteiger partial charge on any atom is 0.335 e. The van der Waals surface area contributed by atoms with E-state index < -0.39 is 5.97 Å². The van der Waals surface area contributed by atoms with E-state index in [4.69, 9.17) is 0 Å². The van der Waals surface area contributed by atoms with Gasteiger partial charge in [0.05, 0.1) is 5.56 Å². The third-order valence-corrected chi connectivity index (χ3v) is 7.34. The van der Waals surface area contributed by atoms with Gasteiger partial charge in [-0.15, -0.1) is 0 Å². The average Bonchev–Trinajstić information content (AvgIpc) is 3.26. The Morgan fingerprint density at radius 2 is 1.70 bits per heavy atom. The highest BCUT2D eigenvalue weighted by Gasteiger charge is 2.46. The number of benzene rings is 2. The normalized spacial score (nSPS) is 21.8. The molecule has 2 heterocycles. The van der Waals surface area contributed by atoms with Crippen LogP contribution in [0.25, 0.3) is 16.5 Å². The number of hydrogen-bond donors (Lipinski definition) is 2. The van der Waals surface area contributed by atoms with Crippen LogP contribution in [0.15, 0.2) is 72.5 Å². The van der Waals surface area contributed by atoms with Crippen LogP contribution in [-0.4, -0.2) is 40.0 Å². The van der Waals surface area contributed by atoms with Gasteiger partial charge in [-0.05, 0) is 53.3 Å². The molecule has 0 unspecified atom stereocenters. The van der Waals surface area contributed by atoms with Crippen LogP contribution in [0.2, 0.25) is 0 Å². The van der Waals surface area contributed by atoms with E-state index in [1.807, 2.05) is 47.5 Å². The molecule has 0 spiro atoms. The van der Waals surface area contributed by atoms with Gasteiger partial charge in [0.15, 0.2) is 0 Å². The van der Waals surface area contributed by atoms with Gasteiger partial charge < -0.3 is 15.0 Å². The van der Waals surface area contributed by atoms with Crippen molar-refractivity contribution < 1.29 is 14.7 Å². The van der Waals surface area contributed by atoms with Gasteiger partial charge in [0.25, 0.3) is 5.91 Å². The van der Waals surface area contributed by atoms with Gasteiger partial charge in [0.2, 0.25) is 0 Å². The number of nitrogens with zero attached hydrogens (tertiary/aromatic N) is 1. The summed E-state index contributed by atoms with van der Waals surface area (Å²) < 4.78 is 0. The number of fused-ring (bicyclic) bond motifs is 2. The zero-order valence-electron chi connectivity index (χ0n) is 19.2. The van der Waals surface area contributed by atoms with Crippen LogP contribution in [0.5, 0.6) is 0 Å². The van der Waals surface area contributed by atoms with Crippen LogP contribution in [0, 0.1) is 10.8 Å². The van der Waals surface area contributed by atoms with Crippen molar-refractivity contribution in [2.24, 2.45) is 10.8 Å². The number of rotatable bonds is 3. The van der Waals surface area contributed by atoms with Crippen molar-refractivity contribution in [3.8, 4) is 0 Å². The number of nitrogens with one attached hydrogen (secondary N) is 1. The van der Waals surface area contributed by atoms with E-state index in [1.54, 1.807) is 12.1 Å². The maximum atomic E-state index is 13.3. The standard InChI is InChI=1S/C28H28N2O3/c1-27(2)22(18-4-7-20(8-5-18)26(32)33)10-13-28(3)17-30(15-12-24(27)28)25(31)21-9-6-19-11-14-29-23(19)16-21/h4-12,14,16,29H,13,15,17H2,1-3H3,(H,32,33)/t28-/m1/s1. The quantitative estimate of drug-likeness (QED) is 0.508. The Labute approximate surface area is 193 Å². The number of carboxylic acid groups (broad SMARTS) is 1. The Kier molecular flexibility index (Phi) is 4.82. The molecule has 0 saturated heterocycles. The number of H-pyrrole nitrogens is 1. The van der Waals surface area contributed by atoms with Gasteiger partial charge in [-0.2, -0.15) is 0 Å². The highest BCUT2D eigenvalue weighted by Crippen LogP contribution is 2.55. The Morgan fingerprint density at radius 3 is 2.42 bits per heavy atom. The molecule has 0 fully saturated rings. The molecule has 0 radical (unpaired) electrons. The van der Waals surface area contributed by atoms with Crippen LogP contribution < -0.4 is 0 Å². The lowest BCUT2D eigenvalue weighted by atomic mass is 9.58. The molecule has 1 amide bonds. The SMILES string of the molecule is CC1(C)C(c2ccc(C(=O)O)cc2)=CC[C@]2(C)CN(C(=O)c3ccc4cc[nH]c4c3)CC=C12. The van der Waals surface area contributed by atoms with Crippen LogP contribution in [0.3, 0.4) is 0 Å². The molecule has 1 aromatic heterocycles. The second-order valence-electron chi connectivity index (χ2n) is 9.97. The largest absolute Gasteiger partial charge is 0.478 e. The lowest BCUT2D eigenvalue weighted by molar-refractivity contribution is 0.0678. The molecule has 2 aliphatic rings. The molecule has 5 heteroatoms. The van der Waals surface area contributed by atoms with Crippen molar-refractivity contribution >= 4 is 28.4 Å². The van der Waals surface area contributed by atoms with E-state index in [-0.39, 0.29) is 16.7 Å². The number of hydrogen-bond acceptors (Lipinski definition) is 2. The van der Waals surface area contributed by atoms with Crippen molar-refractivity contribution in [2.45, 2.75) is 27.2 Å². The van der Waals surface area contributed by atoms with Crippen molar-refractivity contribution in [3.05, 3.63) is 89.1 Å². The number of carboxylic acids is 1. The number of aromatic amines is 1. The molecule has 1 aliphatic carbocycles. The molecule has 5 rings (SSSR count). The van der Waals surface area contributed by atoms with Crippen LogP contribution >= 0.6 is 0 Å². The van der Waals surface area contributed by atoms with Gasteiger partial charge in [-0.3, -0.25) is 4.79 Å². The number of carbonyl (C=O) groups excluding carboxylic acids is 1. The summed E-state index contributed by atoms with van der Waals surface area (Å²) in [6.45, 7) is 7.95. The molecule has 3 aromatic rings. The Balaban J connectivity index is 1.43. The summed E-state index contributed by atoms with van der Waals surface area (Å²) in [5.41, 5.74) is 5.22. The van der Waals surface area contributed by atoms with Crippen molar-refractivity contribution in [2.75, 3.05) is 13.1 Å². The topological polar surface area (TPSA) is 73.4 Å². The Hall–Kier alpha value is -3.60. The van der Waals surface area contributed by atoms with Gasteiger partial charge in [0, 0.05) is 41.2 Å². The third kappa shape index (κ3) is 3.48. The second kappa shape index (κ2) is 7.48. The number of allylic oxidation sites excluding steroid dienone is 2. The molecule has 5 nitrogen and oxygen atoms in total. The first-order valence-corrected chi connectivity index (χ1v) is 11.3. The van der Waals surface area contributed by atoms with E-state index in [2.05, 4.69) is 37.9 Å². The molecule has 168 valence electrons. The van der Waals surface area contributed by atoms with Gasteiger partial charge in [0.1, 0.15) is 0 Å². The number of carbonyl (C=O) groups is 2. The number of aromatic carboxylic acids is 1. The lowest BCUT2D eigenvalue weighted by Gasteiger charge is -2.50. The van der Waals surface area contributed by atoms with Crippen LogP contribution in [0.1, 0.15) is 53.5 Å². The lowest BCUT2D eigenvalue weighted by Crippen LogP contribution is -2.48. The fourth-order valence-electron chi connectivity index (χ4n) is 5.72. The molecule has 2 N–H and O–H groups in total. The van der Waals surface area contributed by atoms with Gasteiger partial charge in [-0.1, -0.05) is 56.7 Å². The van der Waals surface area contributed by atoms with E-state index in [1.165, 1.54) is 11.1 Å². The highest BCUT2D eigenvalue weighted by atomic mass is 16.4. The van der Waals surface area contributed by atoms with Crippen molar-refractivity contribution in [1.82, 2.24) is 9.88 Å². The van der Waals surface area contributed by atoms with E-state index in [9.17, 15) is 14.7 Å². The highest BCUT2D eigenvalue weighted by molar-refractivity contribution is 5.98. The summed E-state index contributed by atoms with van der Waals surface area (Å²) in [6.07, 6.45) is 7.22. The molecule has 1 aliphatic heterocycles. The first-order chi connectivity index (χ1) is 15.7. The number of amides is 1. The molecule has 0 saturated carbocycles. The molecule has 33 heavy (non-hydrogen) atoms. The van der Waals surface area contributed by atoms with Crippen molar-refractivity contribution in [3.63, 3.8) is 0 Å². The summed E-state index contributed by atoms with van der Waals surface area (Å²) in [5, 5.41) is 10.3. The summed E-state index contributed by atoms with van der Waals surface area (Å²) in [7, 11) is 0. The Morgan fingerprint density at radius 1 is 0.970 bits per heavy atom. The minimum Gasteiger partial charge on any atom is -0.478 e. The Bertz CT molecular complexity index is 1330. The molecule has 1 atom stereocenters. The van der Waals surface area contributed by atoms with E-state index >= 15 is 0 Å². The minimum atomic E-state index is -0.916. The smallest absolute Gasteiger partial charge is 0.335 e. The average molecular weight is 441 g/mol. The molecular formula is C28H28N2O3. The predicted molar refractivity (Wildman–Crippen MR) is 130 cm³/mol. The third-order valence-electron chi connectivity index (χ3n) is 7.34. The van der Waals surface area contributed by atoms with Crippen molar-refractivity contribution in [1.29, 1.82) is 0 Å². The van der Waals surface area contributed by atoms with Gasteiger partial charge in [-0.25, -0.2) is 4.79 Å². The zero-order valence-corrected chi connectivity index (χ0v) is 19.2. The summed E-state index contributed by atoms with van der Waals surface area (Å²) >= 11 is 0. The van der Waals surface area contributed by atoms with Crippen LogP contribution in [0.4, 0.5) is 0 Å². The zero-order chi connectivity index (χ0) is 23.4. The first-order valence-electron chi connectivity index (χ1n) is 11.3. The maximum absolute atomic E-state index is 13.3. The molecular weight excluding hydrogens is 412 g/mol. The fraction of sp³-hybridized carbons (Fsp3) is 0.286. The number of aromatic nitrogens is 1. The van der Waals surface area contributed by atoms with E-state index in [0.717, 1.165) is 22.9 Å². The summed E-state index contributed by atoms with van der Waals surface area (Å²) in [5.74, 6) is -0.860. The van der Waals surface area contributed by atoms with Crippen LogP contribution in [-0.2, 0) is 0 Å². The second-order valence-corrected chi connectivity index (χ2v) is 9.97. The predicted octanol–water partition coefficient (Wildman–Crippen LogP) is 5.77.